The second-order valence-electron chi connectivity index (χ2n) is 7.16. The van der Waals surface area contributed by atoms with Crippen molar-refractivity contribution in [2.24, 2.45) is 0 Å². The number of pyridine rings is 1. The molecule has 9 heteroatoms. The fraction of sp³-hybridized carbons (Fsp3) is 0.333. The van der Waals surface area contributed by atoms with E-state index in [9.17, 15) is 9.59 Å². The van der Waals surface area contributed by atoms with Crippen molar-refractivity contribution in [3.05, 3.63) is 57.4 Å². The third-order valence-corrected chi connectivity index (χ3v) is 6.44. The smallest absolute Gasteiger partial charge is 0.267 e. The molecule has 4 rings (SSSR count). The molecule has 2 aromatic heterocycles. The van der Waals surface area contributed by atoms with Gasteiger partial charge in [0.1, 0.15) is 15.8 Å². The van der Waals surface area contributed by atoms with Gasteiger partial charge >= 0.3 is 0 Å². The second kappa shape index (κ2) is 8.71. The summed E-state index contributed by atoms with van der Waals surface area (Å²) >= 11 is 6.62. The molecule has 0 radical (unpaired) electrons. The van der Waals surface area contributed by atoms with Crippen molar-refractivity contribution >= 4 is 51.7 Å². The lowest BCUT2D eigenvalue weighted by Crippen LogP contribution is -2.35. The fourth-order valence-corrected chi connectivity index (χ4v) is 4.78. The Kier molecular flexibility index (Phi) is 6.03. The highest BCUT2D eigenvalue weighted by atomic mass is 32.2. The van der Waals surface area contributed by atoms with Gasteiger partial charge in [0.15, 0.2) is 0 Å². The zero-order chi connectivity index (χ0) is 21.3. The van der Waals surface area contributed by atoms with Gasteiger partial charge in [-0.05, 0) is 37.5 Å². The first-order chi connectivity index (χ1) is 14.5. The van der Waals surface area contributed by atoms with Gasteiger partial charge < -0.3 is 10.1 Å². The summed E-state index contributed by atoms with van der Waals surface area (Å²) in [5.41, 5.74) is 1.51. The lowest BCUT2D eigenvalue weighted by atomic mass is 10.2. The summed E-state index contributed by atoms with van der Waals surface area (Å²) in [6, 6.07) is 3.70. The Morgan fingerprint density at radius 2 is 2.30 bits per heavy atom. The number of nitrogens with one attached hydrogen (secondary N) is 1. The number of hydrogen-bond donors (Lipinski definition) is 1. The van der Waals surface area contributed by atoms with Crippen molar-refractivity contribution < 1.29 is 9.53 Å². The third-order valence-electron chi connectivity index (χ3n) is 5.06. The van der Waals surface area contributed by atoms with Crippen molar-refractivity contribution in [1.82, 2.24) is 14.3 Å². The van der Waals surface area contributed by atoms with Crippen molar-refractivity contribution in [2.45, 2.75) is 25.9 Å². The van der Waals surface area contributed by atoms with Crippen molar-refractivity contribution in [1.29, 1.82) is 0 Å². The van der Waals surface area contributed by atoms with Gasteiger partial charge in [0, 0.05) is 19.3 Å². The van der Waals surface area contributed by atoms with Crippen LogP contribution in [0.3, 0.4) is 0 Å². The van der Waals surface area contributed by atoms with Crippen LogP contribution >= 0.6 is 24.0 Å². The Morgan fingerprint density at radius 3 is 3.03 bits per heavy atom. The predicted octanol–water partition coefficient (Wildman–Crippen LogP) is 2.98. The van der Waals surface area contributed by atoms with E-state index in [4.69, 9.17) is 17.0 Å². The first kappa shape index (κ1) is 20.8. The normalized spacial score (nSPS) is 20.5. The number of ether oxygens (including phenoxy) is 1. The summed E-state index contributed by atoms with van der Waals surface area (Å²) in [5, 5.41) is 3.12. The number of aryl methyl sites for hydroxylation is 1. The molecule has 1 N–H and O–H groups in total. The molecule has 156 valence electrons. The number of fused-ring (bicyclic) bond motifs is 1. The second-order valence-corrected chi connectivity index (χ2v) is 8.84. The number of nitrogens with zero attached hydrogens (tertiary/aromatic N) is 3. The van der Waals surface area contributed by atoms with Crippen LogP contribution in [-0.2, 0) is 9.53 Å². The van der Waals surface area contributed by atoms with Crippen LogP contribution in [0.4, 0.5) is 5.82 Å². The quantitative estimate of drug-likeness (QED) is 0.419. The van der Waals surface area contributed by atoms with E-state index >= 15 is 0 Å². The Morgan fingerprint density at radius 1 is 1.47 bits per heavy atom. The van der Waals surface area contributed by atoms with E-state index in [0.29, 0.717) is 46.0 Å². The summed E-state index contributed by atoms with van der Waals surface area (Å²) in [7, 11) is 0. The molecule has 0 bridgehead atoms. The fourth-order valence-electron chi connectivity index (χ4n) is 3.53. The maximum atomic E-state index is 13.2. The number of carbonyl (C=O) groups excluding carboxylic acids is 1. The van der Waals surface area contributed by atoms with Crippen molar-refractivity contribution in [2.75, 3.05) is 25.0 Å². The van der Waals surface area contributed by atoms with E-state index in [2.05, 4.69) is 16.9 Å². The average Bonchev–Trinajstić information content (AvgIpc) is 3.33. The number of thiocarbonyl (C=S) groups is 1. The lowest BCUT2D eigenvalue weighted by Gasteiger charge is -2.18. The van der Waals surface area contributed by atoms with Crippen LogP contribution in [0.15, 0.2) is 40.7 Å². The summed E-state index contributed by atoms with van der Waals surface area (Å²) in [6.07, 6.45) is 6.87. The molecule has 0 unspecified atom stereocenters. The average molecular weight is 443 g/mol. The highest BCUT2D eigenvalue weighted by Crippen LogP contribution is 2.34. The maximum absolute atomic E-state index is 13.2. The maximum Gasteiger partial charge on any atom is 0.267 e. The number of anilines is 1. The summed E-state index contributed by atoms with van der Waals surface area (Å²) in [4.78, 5) is 32.8. The molecule has 30 heavy (non-hydrogen) atoms. The van der Waals surface area contributed by atoms with Gasteiger partial charge in [-0.3, -0.25) is 18.9 Å². The zero-order valence-corrected chi connectivity index (χ0v) is 18.2. The molecule has 2 fully saturated rings. The lowest BCUT2D eigenvalue weighted by molar-refractivity contribution is -0.123. The molecular formula is C21H22N4O3S2. The Hall–Kier alpha value is -2.49. The Labute approximate surface area is 183 Å². The van der Waals surface area contributed by atoms with E-state index in [1.165, 1.54) is 16.2 Å². The highest BCUT2D eigenvalue weighted by molar-refractivity contribution is 8.26. The SMILES string of the molecule is C=CCNc1nc2c(C)cccn2c(=O)c1/C=C1\SC(=S)N(C[C@H]2CCCO2)C1=O. The van der Waals surface area contributed by atoms with Crippen molar-refractivity contribution in [3.63, 3.8) is 0 Å². The minimum atomic E-state index is -0.250. The van der Waals surface area contributed by atoms with Gasteiger partial charge in [-0.15, -0.1) is 6.58 Å². The van der Waals surface area contributed by atoms with E-state index in [0.717, 1.165) is 18.4 Å². The van der Waals surface area contributed by atoms with Crippen LogP contribution in [0.5, 0.6) is 0 Å². The molecule has 2 aliphatic rings. The Balaban J connectivity index is 1.74. The van der Waals surface area contributed by atoms with Gasteiger partial charge in [-0.2, -0.15) is 0 Å². The third kappa shape index (κ3) is 3.92. The molecule has 4 heterocycles. The predicted molar refractivity (Wildman–Crippen MR) is 124 cm³/mol. The molecule has 0 aromatic carbocycles. The number of rotatable bonds is 6. The molecule has 0 aliphatic carbocycles. The van der Waals surface area contributed by atoms with E-state index in [-0.39, 0.29) is 17.6 Å². The molecule has 1 atom stereocenters. The van der Waals surface area contributed by atoms with E-state index < -0.39 is 0 Å². The topological polar surface area (TPSA) is 75.9 Å². The van der Waals surface area contributed by atoms with Crippen LogP contribution in [-0.4, -0.2) is 50.3 Å². The molecule has 2 saturated heterocycles. The largest absolute Gasteiger partial charge is 0.376 e. The molecule has 0 spiro atoms. The minimum Gasteiger partial charge on any atom is -0.376 e. The number of hydrogen-bond acceptors (Lipinski definition) is 7. The molecule has 1 amide bonds. The molecular weight excluding hydrogens is 420 g/mol. The number of amides is 1. The summed E-state index contributed by atoms with van der Waals surface area (Å²) < 4.78 is 7.61. The number of aromatic nitrogens is 2. The van der Waals surface area contributed by atoms with E-state index in [1.54, 1.807) is 29.3 Å². The van der Waals surface area contributed by atoms with Crippen LogP contribution < -0.4 is 10.9 Å². The van der Waals surface area contributed by atoms with Gasteiger partial charge in [0.05, 0.1) is 23.1 Å². The monoisotopic (exact) mass is 442 g/mol. The van der Waals surface area contributed by atoms with Crippen LogP contribution in [0.25, 0.3) is 11.7 Å². The van der Waals surface area contributed by atoms with Gasteiger partial charge in [-0.25, -0.2) is 4.98 Å². The van der Waals surface area contributed by atoms with Gasteiger partial charge in [0.2, 0.25) is 0 Å². The molecule has 2 aliphatic heterocycles. The first-order valence-electron chi connectivity index (χ1n) is 9.73. The Bertz CT molecular complexity index is 1120. The number of thioether (sulfide) groups is 1. The van der Waals surface area contributed by atoms with Crippen LogP contribution in [0.2, 0.25) is 0 Å². The standard InChI is InChI=1S/C21H22N4O3S2/c1-3-8-22-17-15(19(26)24-9-4-6-13(2)18(24)23-17)11-16-20(27)25(21(29)30-16)12-14-7-5-10-28-14/h3-4,6,9,11,14,22H,1,5,7-8,10,12H2,2H3/b16-11-/t14-/m1/s1. The van der Waals surface area contributed by atoms with Crippen LogP contribution in [0.1, 0.15) is 24.0 Å². The minimum absolute atomic E-state index is 0.00704. The molecule has 2 aromatic rings. The highest BCUT2D eigenvalue weighted by Gasteiger charge is 2.35. The van der Waals surface area contributed by atoms with E-state index in [1.807, 2.05) is 13.0 Å². The first-order valence-corrected chi connectivity index (χ1v) is 11.0. The van der Waals surface area contributed by atoms with Crippen LogP contribution in [0, 0.1) is 6.92 Å². The summed E-state index contributed by atoms with van der Waals surface area (Å²) in [6.45, 7) is 7.20. The molecule has 7 nitrogen and oxygen atoms in total. The number of carbonyl (C=O) groups is 1. The summed E-state index contributed by atoms with van der Waals surface area (Å²) in [5.74, 6) is 0.211. The van der Waals surface area contributed by atoms with Crippen molar-refractivity contribution in [3.8, 4) is 0 Å². The molecule has 0 saturated carbocycles. The van der Waals surface area contributed by atoms with Gasteiger partial charge in [-0.1, -0.05) is 36.1 Å². The van der Waals surface area contributed by atoms with Gasteiger partial charge in [0.25, 0.3) is 11.5 Å². The zero-order valence-electron chi connectivity index (χ0n) is 16.6.